The smallest absolute Gasteiger partial charge is 0.191 e. The summed E-state index contributed by atoms with van der Waals surface area (Å²) in [6, 6.07) is 22.0. The molecule has 0 bridgehead atoms. The van der Waals surface area contributed by atoms with Crippen molar-refractivity contribution in [2.75, 3.05) is 53.9 Å². The molecule has 0 amide bonds. The fraction of sp³-hybridized carbons (Fsp3) is 0.458. The van der Waals surface area contributed by atoms with Gasteiger partial charge in [0.05, 0.1) is 0 Å². The van der Waals surface area contributed by atoms with Crippen molar-refractivity contribution in [3.63, 3.8) is 0 Å². The Morgan fingerprint density at radius 1 is 0.967 bits per heavy atom. The van der Waals surface area contributed by atoms with Crippen LogP contribution in [-0.4, -0.2) is 75.7 Å². The zero-order chi connectivity index (χ0) is 20.5. The summed E-state index contributed by atoms with van der Waals surface area (Å²) >= 11 is 0. The summed E-state index contributed by atoms with van der Waals surface area (Å²) in [5, 5.41) is 7.03. The van der Waals surface area contributed by atoms with Crippen LogP contribution in [0.4, 0.5) is 0 Å². The Kier molecular flexibility index (Phi) is 10.6. The van der Waals surface area contributed by atoms with E-state index in [1.807, 2.05) is 7.05 Å². The van der Waals surface area contributed by atoms with Crippen molar-refractivity contribution in [2.24, 2.45) is 4.99 Å². The minimum atomic E-state index is 0. The average molecular weight is 521 g/mol. The first-order valence-electron chi connectivity index (χ1n) is 10.6. The summed E-state index contributed by atoms with van der Waals surface area (Å²) in [5.74, 6) is 1.26. The maximum Gasteiger partial charge on any atom is 0.191 e. The summed E-state index contributed by atoms with van der Waals surface area (Å²) in [5.41, 5.74) is 2.71. The summed E-state index contributed by atoms with van der Waals surface area (Å²) in [6.45, 7) is 5.12. The number of benzene rings is 2. The second-order valence-electron chi connectivity index (χ2n) is 7.94. The van der Waals surface area contributed by atoms with Gasteiger partial charge in [0, 0.05) is 51.7 Å². The maximum absolute atomic E-state index is 4.42. The molecule has 164 valence electrons. The van der Waals surface area contributed by atoms with Crippen LogP contribution in [0.2, 0.25) is 0 Å². The van der Waals surface area contributed by atoms with Gasteiger partial charge in [0.2, 0.25) is 0 Å². The lowest BCUT2D eigenvalue weighted by Gasteiger charge is -2.37. The predicted molar refractivity (Wildman–Crippen MR) is 138 cm³/mol. The number of halogens is 1. The molecule has 2 aromatic carbocycles. The Morgan fingerprint density at radius 3 is 2.13 bits per heavy atom. The van der Waals surface area contributed by atoms with Crippen LogP contribution in [-0.2, 0) is 0 Å². The molecule has 0 saturated carbocycles. The molecule has 1 aliphatic rings. The van der Waals surface area contributed by atoms with E-state index in [1.165, 1.54) is 11.1 Å². The van der Waals surface area contributed by atoms with Gasteiger partial charge in [-0.3, -0.25) is 9.89 Å². The first-order valence-corrected chi connectivity index (χ1v) is 10.6. The lowest BCUT2D eigenvalue weighted by molar-refractivity contribution is 0.116. The molecule has 3 rings (SSSR count). The molecule has 0 aromatic heterocycles. The van der Waals surface area contributed by atoms with E-state index in [1.54, 1.807) is 0 Å². The third-order valence-corrected chi connectivity index (χ3v) is 5.84. The Balaban J connectivity index is 0.00000320. The van der Waals surface area contributed by atoms with Crippen LogP contribution in [0.3, 0.4) is 0 Å². The highest BCUT2D eigenvalue weighted by molar-refractivity contribution is 14.0. The maximum atomic E-state index is 4.42. The molecule has 1 heterocycles. The van der Waals surface area contributed by atoms with Crippen molar-refractivity contribution >= 4 is 29.9 Å². The van der Waals surface area contributed by atoms with Crippen molar-refractivity contribution in [2.45, 2.75) is 18.4 Å². The van der Waals surface area contributed by atoms with Crippen LogP contribution in [0, 0.1) is 0 Å². The van der Waals surface area contributed by atoms with Gasteiger partial charge in [-0.2, -0.15) is 0 Å². The van der Waals surface area contributed by atoms with E-state index in [0.29, 0.717) is 12.0 Å². The molecule has 30 heavy (non-hydrogen) atoms. The van der Waals surface area contributed by atoms with Crippen LogP contribution in [0.1, 0.15) is 23.5 Å². The van der Waals surface area contributed by atoms with Gasteiger partial charge in [-0.05, 0) is 31.6 Å². The minimum Gasteiger partial charge on any atom is -0.356 e. The predicted octanol–water partition coefficient (Wildman–Crippen LogP) is 3.24. The number of hydrogen-bond acceptors (Lipinski definition) is 3. The van der Waals surface area contributed by atoms with Gasteiger partial charge in [-0.15, -0.1) is 24.0 Å². The van der Waals surface area contributed by atoms with Crippen LogP contribution in [0.5, 0.6) is 0 Å². The minimum absolute atomic E-state index is 0. The van der Waals surface area contributed by atoms with Crippen LogP contribution >= 0.6 is 24.0 Å². The lowest BCUT2D eigenvalue weighted by Crippen LogP contribution is -2.55. The number of likely N-dealkylation sites (N-methyl/N-ethyl adjacent to an activating group) is 2. The summed E-state index contributed by atoms with van der Waals surface area (Å²) in [6.07, 6.45) is 1.01. The highest BCUT2D eigenvalue weighted by Crippen LogP contribution is 2.27. The van der Waals surface area contributed by atoms with E-state index in [2.05, 4.69) is 100 Å². The fourth-order valence-corrected chi connectivity index (χ4v) is 3.99. The molecule has 1 fully saturated rings. The summed E-state index contributed by atoms with van der Waals surface area (Å²) in [4.78, 5) is 9.25. The molecule has 5 nitrogen and oxygen atoms in total. The van der Waals surface area contributed by atoms with Crippen molar-refractivity contribution < 1.29 is 0 Å². The number of rotatable bonds is 7. The Bertz CT molecular complexity index is 713. The van der Waals surface area contributed by atoms with E-state index >= 15 is 0 Å². The van der Waals surface area contributed by atoms with Crippen LogP contribution in [0.25, 0.3) is 0 Å². The van der Waals surface area contributed by atoms with E-state index in [9.17, 15) is 0 Å². The van der Waals surface area contributed by atoms with Gasteiger partial charge in [0.25, 0.3) is 0 Å². The van der Waals surface area contributed by atoms with E-state index in [-0.39, 0.29) is 24.0 Å². The largest absolute Gasteiger partial charge is 0.356 e. The van der Waals surface area contributed by atoms with Crippen LogP contribution < -0.4 is 10.6 Å². The number of guanidine groups is 1. The third-order valence-electron chi connectivity index (χ3n) is 5.84. The highest BCUT2D eigenvalue weighted by atomic mass is 127. The molecule has 1 saturated heterocycles. The second-order valence-corrected chi connectivity index (χ2v) is 7.94. The highest BCUT2D eigenvalue weighted by Gasteiger charge is 2.22. The number of hydrogen-bond donors (Lipinski definition) is 2. The van der Waals surface area contributed by atoms with Crippen molar-refractivity contribution in [3.05, 3.63) is 71.8 Å². The second kappa shape index (κ2) is 12.9. The molecule has 6 heteroatoms. The monoisotopic (exact) mass is 521 g/mol. The zero-order valence-electron chi connectivity index (χ0n) is 18.4. The molecule has 2 aromatic rings. The zero-order valence-corrected chi connectivity index (χ0v) is 20.8. The quantitative estimate of drug-likeness (QED) is 0.334. The first-order chi connectivity index (χ1) is 14.2. The van der Waals surface area contributed by atoms with Gasteiger partial charge in [0.1, 0.15) is 0 Å². The van der Waals surface area contributed by atoms with Gasteiger partial charge in [-0.1, -0.05) is 60.7 Å². The normalized spacial score (nSPS) is 18.1. The summed E-state index contributed by atoms with van der Waals surface area (Å²) < 4.78 is 0. The van der Waals surface area contributed by atoms with Crippen molar-refractivity contribution in [1.82, 2.24) is 20.4 Å². The lowest BCUT2D eigenvalue weighted by atomic mass is 9.88. The van der Waals surface area contributed by atoms with Crippen molar-refractivity contribution in [3.8, 4) is 0 Å². The summed E-state index contributed by atoms with van der Waals surface area (Å²) in [7, 11) is 6.25. The number of nitrogens with one attached hydrogen (secondary N) is 2. The number of nitrogens with zero attached hydrogens (tertiary/aromatic N) is 3. The SMILES string of the molecule is CN=C(NCCC(c1ccccc1)c1ccccc1)NCC1CN(C)CCN1C.I. The van der Waals surface area contributed by atoms with Gasteiger partial charge in [-0.25, -0.2) is 0 Å². The van der Waals surface area contributed by atoms with Gasteiger partial charge >= 0.3 is 0 Å². The third kappa shape index (κ3) is 7.25. The number of piperazine rings is 1. The Labute approximate surface area is 199 Å². The standard InChI is InChI=1S/C24H35N5.HI/c1-25-24(27-18-22-19-28(2)16-17-29(22)3)26-15-14-23(20-10-6-4-7-11-20)21-12-8-5-9-13-21;/h4-13,22-23H,14-19H2,1-3H3,(H2,25,26,27);1H. The molecule has 2 N–H and O–H groups in total. The Hall–Kier alpha value is -1.64. The van der Waals surface area contributed by atoms with Crippen molar-refractivity contribution in [1.29, 1.82) is 0 Å². The molecular formula is C24H36IN5. The molecule has 1 atom stereocenters. The molecule has 0 aliphatic carbocycles. The Morgan fingerprint density at radius 2 is 1.57 bits per heavy atom. The van der Waals surface area contributed by atoms with E-state index in [4.69, 9.17) is 0 Å². The molecule has 0 radical (unpaired) electrons. The number of aliphatic imine (C=N–C) groups is 1. The topological polar surface area (TPSA) is 42.9 Å². The van der Waals surface area contributed by atoms with E-state index < -0.39 is 0 Å². The molecule has 1 unspecified atom stereocenters. The van der Waals surface area contributed by atoms with Crippen LogP contribution in [0.15, 0.2) is 65.7 Å². The molecular weight excluding hydrogens is 485 g/mol. The fourth-order valence-electron chi connectivity index (χ4n) is 3.99. The molecule has 1 aliphatic heterocycles. The first kappa shape index (κ1) is 24.6. The van der Waals surface area contributed by atoms with Gasteiger partial charge < -0.3 is 15.5 Å². The van der Waals surface area contributed by atoms with E-state index in [0.717, 1.165) is 45.1 Å². The average Bonchev–Trinajstić information content (AvgIpc) is 2.76. The van der Waals surface area contributed by atoms with Gasteiger partial charge in [0.15, 0.2) is 5.96 Å². The molecule has 0 spiro atoms.